The number of benzene rings is 3. The molecule has 1 N–H and O–H groups in total. The minimum absolute atomic E-state index is 0.148. The van der Waals surface area contributed by atoms with Crippen molar-refractivity contribution in [3.8, 4) is 0 Å². The van der Waals surface area contributed by atoms with Gasteiger partial charge in [-0.05, 0) is 42.4 Å². The van der Waals surface area contributed by atoms with E-state index in [1.807, 2.05) is 25.2 Å². The average Bonchev–Trinajstić information content (AvgIpc) is 3.05. The van der Waals surface area contributed by atoms with Crippen LogP contribution in [0.3, 0.4) is 0 Å². The van der Waals surface area contributed by atoms with Gasteiger partial charge in [-0.15, -0.1) is 0 Å². The molecule has 1 aliphatic rings. The maximum absolute atomic E-state index is 12.5. The van der Waals surface area contributed by atoms with E-state index in [4.69, 9.17) is 0 Å². The summed E-state index contributed by atoms with van der Waals surface area (Å²) in [6, 6.07) is 24.0. The molecule has 0 bridgehead atoms. The topological polar surface area (TPSA) is 69.7 Å². The van der Waals surface area contributed by atoms with Crippen LogP contribution in [-0.4, -0.2) is 47.7 Å². The number of likely N-dealkylation sites (N-methyl/N-ethyl adjacent to an activating group) is 1. The molecule has 162 valence electrons. The van der Waals surface area contributed by atoms with Crippen LogP contribution in [0.5, 0.6) is 0 Å². The average molecular weight is 428 g/mol. The zero-order chi connectivity index (χ0) is 22.5. The number of nitrogens with zero attached hydrogens (tertiary/aromatic N) is 2. The molecule has 3 aromatic rings. The lowest BCUT2D eigenvalue weighted by Crippen LogP contribution is -2.32. The number of hydrogen-bond donors (Lipinski definition) is 1. The molecule has 0 aliphatic carbocycles. The van der Waals surface area contributed by atoms with E-state index in [9.17, 15) is 14.4 Å². The molecule has 0 saturated heterocycles. The molecule has 0 unspecified atom stereocenters. The summed E-state index contributed by atoms with van der Waals surface area (Å²) in [5.41, 5.74) is 3.44. The Kier molecular flexibility index (Phi) is 6.42. The van der Waals surface area contributed by atoms with E-state index in [0.29, 0.717) is 23.2 Å². The van der Waals surface area contributed by atoms with Gasteiger partial charge in [0.15, 0.2) is 0 Å². The lowest BCUT2D eigenvalue weighted by Gasteiger charge is -2.17. The van der Waals surface area contributed by atoms with E-state index in [-0.39, 0.29) is 24.3 Å². The van der Waals surface area contributed by atoms with Gasteiger partial charge in [0.05, 0.1) is 17.7 Å². The van der Waals surface area contributed by atoms with Gasteiger partial charge in [0.25, 0.3) is 17.7 Å². The summed E-state index contributed by atoms with van der Waals surface area (Å²) in [5, 5.41) is 2.93. The predicted octanol–water partition coefficient (Wildman–Crippen LogP) is 3.34. The molecule has 1 aliphatic heterocycles. The van der Waals surface area contributed by atoms with Crippen molar-refractivity contribution in [1.82, 2.24) is 15.1 Å². The Labute approximate surface area is 187 Å². The number of fused-ring (bicyclic) bond motifs is 1. The molecule has 1 heterocycles. The van der Waals surface area contributed by atoms with Gasteiger partial charge < -0.3 is 10.2 Å². The number of imide groups is 1. The fourth-order valence-electron chi connectivity index (χ4n) is 3.76. The Balaban J connectivity index is 1.28. The number of amides is 3. The van der Waals surface area contributed by atoms with Gasteiger partial charge in [0.1, 0.15) is 0 Å². The molecule has 0 saturated carbocycles. The van der Waals surface area contributed by atoms with Crippen molar-refractivity contribution in [2.45, 2.75) is 13.1 Å². The molecule has 0 atom stereocenters. The highest BCUT2D eigenvalue weighted by atomic mass is 16.2. The number of nitrogens with one attached hydrogen (secondary N) is 1. The minimum atomic E-state index is -0.285. The van der Waals surface area contributed by atoms with Gasteiger partial charge >= 0.3 is 0 Å². The molecular formula is C26H25N3O3. The van der Waals surface area contributed by atoms with Crippen molar-refractivity contribution in [3.63, 3.8) is 0 Å². The third kappa shape index (κ3) is 4.76. The fourth-order valence-corrected chi connectivity index (χ4v) is 3.76. The number of rotatable bonds is 8. The zero-order valence-electron chi connectivity index (χ0n) is 18.0. The van der Waals surface area contributed by atoms with Crippen LogP contribution < -0.4 is 5.32 Å². The highest BCUT2D eigenvalue weighted by Crippen LogP contribution is 2.24. The van der Waals surface area contributed by atoms with Crippen LogP contribution in [0.25, 0.3) is 0 Å². The number of carbonyl (C=O) groups is 3. The first-order chi connectivity index (χ1) is 15.5. The van der Waals surface area contributed by atoms with Gasteiger partial charge in [0.2, 0.25) is 0 Å². The number of hydrogen-bond acceptors (Lipinski definition) is 4. The van der Waals surface area contributed by atoms with Gasteiger partial charge in [-0.25, -0.2) is 0 Å². The van der Waals surface area contributed by atoms with Crippen molar-refractivity contribution < 1.29 is 14.4 Å². The van der Waals surface area contributed by atoms with Crippen molar-refractivity contribution in [1.29, 1.82) is 0 Å². The van der Waals surface area contributed by atoms with Crippen molar-refractivity contribution in [2.24, 2.45) is 0 Å². The second-order valence-corrected chi connectivity index (χ2v) is 7.92. The Hall–Kier alpha value is -3.77. The molecule has 0 spiro atoms. The highest BCUT2D eigenvalue weighted by Gasteiger charge is 2.34. The lowest BCUT2D eigenvalue weighted by atomic mass is 10.1. The van der Waals surface area contributed by atoms with Crippen LogP contribution in [0.1, 0.15) is 42.2 Å². The lowest BCUT2D eigenvalue weighted by molar-refractivity contribution is 0.0641. The van der Waals surface area contributed by atoms with Gasteiger partial charge in [0, 0.05) is 25.2 Å². The molecule has 4 rings (SSSR count). The maximum Gasteiger partial charge on any atom is 0.261 e. The second kappa shape index (κ2) is 9.58. The first-order valence-corrected chi connectivity index (χ1v) is 10.6. The summed E-state index contributed by atoms with van der Waals surface area (Å²) in [4.78, 5) is 40.9. The quantitative estimate of drug-likeness (QED) is 0.560. The summed E-state index contributed by atoms with van der Waals surface area (Å²) in [6.07, 6.45) is 0. The van der Waals surface area contributed by atoms with Gasteiger partial charge in [-0.1, -0.05) is 54.6 Å². The summed E-state index contributed by atoms with van der Waals surface area (Å²) in [6.45, 7) is 2.28. The number of carbonyl (C=O) groups excluding carboxylic acids is 3. The van der Waals surface area contributed by atoms with Crippen LogP contribution in [-0.2, 0) is 13.1 Å². The minimum Gasteiger partial charge on any atom is -0.351 e. The van der Waals surface area contributed by atoms with Crippen molar-refractivity contribution in [2.75, 3.05) is 20.1 Å². The Morgan fingerprint density at radius 1 is 0.812 bits per heavy atom. The first-order valence-electron chi connectivity index (χ1n) is 10.6. The standard InChI is InChI=1S/C26H25N3O3/c1-28(17-19-7-3-2-4-8-19)16-15-27-24(30)21-13-11-20(12-14-21)18-29-25(31)22-9-5-6-10-23(22)26(29)32/h2-14H,15-18H2,1H3,(H,27,30). The highest BCUT2D eigenvalue weighted by molar-refractivity contribution is 6.21. The predicted molar refractivity (Wildman–Crippen MR) is 122 cm³/mol. The van der Waals surface area contributed by atoms with E-state index < -0.39 is 0 Å². The molecule has 3 aromatic carbocycles. The molecule has 6 heteroatoms. The van der Waals surface area contributed by atoms with Crippen LogP contribution in [0.15, 0.2) is 78.9 Å². The smallest absolute Gasteiger partial charge is 0.261 e. The van der Waals surface area contributed by atoms with E-state index in [0.717, 1.165) is 18.7 Å². The van der Waals surface area contributed by atoms with Crippen LogP contribution in [0.4, 0.5) is 0 Å². The molecule has 0 fully saturated rings. The SMILES string of the molecule is CN(CCNC(=O)c1ccc(CN2C(=O)c3ccccc3C2=O)cc1)Cc1ccccc1. The molecule has 3 amide bonds. The Bertz CT molecular complexity index is 1090. The first kappa shape index (κ1) is 21.5. The normalized spacial score (nSPS) is 12.9. The van der Waals surface area contributed by atoms with E-state index in [1.54, 1.807) is 48.5 Å². The summed E-state index contributed by atoms with van der Waals surface area (Å²) >= 11 is 0. The zero-order valence-corrected chi connectivity index (χ0v) is 18.0. The molecule has 32 heavy (non-hydrogen) atoms. The van der Waals surface area contributed by atoms with Crippen molar-refractivity contribution in [3.05, 3.63) is 107 Å². The third-order valence-corrected chi connectivity index (χ3v) is 5.51. The fraction of sp³-hybridized carbons (Fsp3) is 0.192. The Morgan fingerprint density at radius 2 is 1.41 bits per heavy atom. The largest absolute Gasteiger partial charge is 0.351 e. The maximum atomic E-state index is 12.5. The second-order valence-electron chi connectivity index (χ2n) is 7.92. The molecule has 0 aromatic heterocycles. The summed E-state index contributed by atoms with van der Waals surface area (Å²) in [7, 11) is 2.02. The van der Waals surface area contributed by atoms with Gasteiger partial charge in [-0.2, -0.15) is 0 Å². The summed E-state index contributed by atoms with van der Waals surface area (Å²) in [5.74, 6) is -0.718. The van der Waals surface area contributed by atoms with E-state index in [1.165, 1.54) is 10.5 Å². The van der Waals surface area contributed by atoms with Crippen LogP contribution in [0.2, 0.25) is 0 Å². The third-order valence-electron chi connectivity index (χ3n) is 5.51. The summed E-state index contributed by atoms with van der Waals surface area (Å²) < 4.78 is 0. The molecule has 6 nitrogen and oxygen atoms in total. The van der Waals surface area contributed by atoms with E-state index in [2.05, 4.69) is 22.3 Å². The Morgan fingerprint density at radius 3 is 2.03 bits per heavy atom. The van der Waals surface area contributed by atoms with Gasteiger partial charge in [-0.3, -0.25) is 19.3 Å². The van der Waals surface area contributed by atoms with Crippen LogP contribution >= 0.6 is 0 Å². The molecule has 0 radical (unpaired) electrons. The monoisotopic (exact) mass is 427 g/mol. The van der Waals surface area contributed by atoms with E-state index >= 15 is 0 Å². The molecular weight excluding hydrogens is 402 g/mol. The van der Waals surface area contributed by atoms with Crippen molar-refractivity contribution >= 4 is 17.7 Å². The van der Waals surface area contributed by atoms with Crippen LogP contribution in [0, 0.1) is 0 Å².